The van der Waals surface area contributed by atoms with Gasteiger partial charge in [-0.15, -0.1) is 11.8 Å². The van der Waals surface area contributed by atoms with Crippen LogP contribution in [0.25, 0.3) is 0 Å². The number of hydrogen-bond donors (Lipinski definition) is 2. The minimum absolute atomic E-state index is 0. The van der Waals surface area contributed by atoms with E-state index < -0.39 is 11.2 Å². The van der Waals surface area contributed by atoms with Crippen molar-refractivity contribution >= 4 is 56.8 Å². The highest BCUT2D eigenvalue weighted by molar-refractivity contribution is 9.10. The van der Waals surface area contributed by atoms with Crippen LogP contribution in [0.5, 0.6) is 0 Å². The number of piperidine rings is 2. The maximum atomic E-state index is 12.0. The van der Waals surface area contributed by atoms with Crippen LogP contribution in [-0.2, 0) is 14.3 Å². The number of likely N-dealkylation sites (tertiary alicyclic amines) is 2. The monoisotopic (exact) mass is 786 g/mol. The second-order valence-electron chi connectivity index (χ2n) is 13.7. The third-order valence-corrected chi connectivity index (χ3v) is 9.81. The Labute approximate surface area is 308 Å². The zero-order valence-electron chi connectivity index (χ0n) is 29.1. The van der Waals surface area contributed by atoms with Crippen LogP contribution in [0.15, 0.2) is 55.6 Å². The molecule has 0 aliphatic carbocycles. The predicted octanol–water partition coefficient (Wildman–Crippen LogP) is 7.80. The van der Waals surface area contributed by atoms with Gasteiger partial charge in [0.1, 0.15) is 11.2 Å². The number of H-pyrrole nitrogens is 2. The van der Waals surface area contributed by atoms with Crippen molar-refractivity contribution in [3.8, 4) is 0 Å². The molecule has 4 heterocycles. The van der Waals surface area contributed by atoms with E-state index in [2.05, 4.69) is 25.9 Å². The van der Waals surface area contributed by atoms with Crippen molar-refractivity contribution in [1.29, 1.82) is 0 Å². The predicted molar refractivity (Wildman–Crippen MR) is 203 cm³/mol. The Bertz CT molecular complexity index is 1380. The minimum Gasteiger partial charge on any atom is -0.444 e. The van der Waals surface area contributed by atoms with Crippen molar-refractivity contribution in [3.05, 3.63) is 61.8 Å². The lowest BCUT2D eigenvalue weighted by molar-refractivity contribution is -0.109. The number of thioether (sulfide) groups is 2. The van der Waals surface area contributed by atoms with Gasteiger partial charge < -0.3 is 29.2 Å². The van der Waals surface area contributed by atoms with Crippen LogP contribution in [-0.4, -0.2) is 86.0 Å². The number of rotatable bonds is 5. The number of nitrogens with one attached hydrogen (secondary N) is 2. The fraction of sp³-hybridized carbons (Fsp3) is 0.629. The Balaban J connectivity index is 0.000000399. The van der Waals surface area contributed by atoms with Gasteiger partial charge in [0.05, 0.1) is 0 Å². The summed E-state index contributed by atoms with van der Waals surface area (Å²) >= 11 is 6.31. The first kappa shape index (κ1) is 44.3. The summed E-state index contributed by atoms with van der Waals surface area (Å²) in [4.78, 5) is 65.9. The van der Waals surface area contributed by atoms with Gasteiger partial charge in [-0.1, -0.05) is 19.2 Å². The lowest BCUT2D eigenvalue weighted by Crippen LogP contribution is -2.42. The summed E-state index contributed by atoms with van der Waals surface area (Å²) in [5, 5.41) is 0.171. The number of amides is 2. The normalized spacial score (nSPS) is 15.4. The lowest BCUT2D eigenvalue weighted by atomic mass is 9.99. The number of aromatic amines is 2. The Hall–Kier alpha value is -2.71. The molecule has 2 aromatic rings. The average Bonchev–Trinajstić information content (AvgIpc) is 3.01. The first-order valence-electron chi connectivity index (χ1n) is 16.1. The Morgan fingerprint density at radius 1 is 0.755 bits per heavy atom. The number of ether oxygens (including phenoxy) is 2. The van der Waals surface area contributed by atoms with E-state index in [1.165, 1.54) is 17.8 Å². The van der Waals surface area contributed by atoms with E-state index in [4.69, 9.17) is 9.47 Å². The van der Waals surface area contributed by atoms with Crippen molar-refractivity contribution in [2.45, 2.75) is 97.7 Å². The lowest BCUT2D eigenvalue weighted by Gasteiger charge is -2.33. The number of nitrogens with zero attached hydrogens (tertiary/aromatic N) is 2. The molecule has 4 rings (SSSR count). The van der Waals surface area contributed by atoms with Gasteiger partial charge in [0, 0.05) is 78.5 Å². The molecule has 2 saturated heterocycles. The van der Waals surface area contributed by atoms with E-state index in [-0.39, 0.29) is 35.8 Å². The largest absolute Gasteiger partial charge is 0.444 e. The average molecular weight is 788 g/mol. The molecule has 0 unspecified atom stereocenters. The Morgan fingerprint density at radius 3 is 1.53 bits per heavy atom. The second-order valence-corrected chi connectivity index (χ2v) is 16.9. The highest BCUT2D eigenvalue weighted by atomic mass is 79.9. The van der Waals surface area contributed by atoms with Crippen LogP contribution < -0.4 is 11.1 Å². The number of carbonyl (C=O) groups excluding carboxylic acids is 3. The highest BCUT2D eigenvalue weighted by Gasteiger charge is 2.28. The summed E-state index contributed by atoms with van der Waals surface area (Å²) in [5.41, 5.74) is -1.02. The molecule has 2 N–H and O–H groups in total. The third kappa shape index (κ3) is 19.9. The smallest absolute Gasteiger partial charge is 0.410 e. The highest BCUT2D eigenvalue weighted by Crippen LogP contribution is 2.27. The molecular formula is C35H55BrN4O7S2. The molecule has 11 nitrogen and oxygen atoms in total. The first-order chi connectivity index (χ1) is 22.4. The molecular weight excluding hydrogens is 732 g/mol. The van der Waals surface area contributed by atoms with Crippen molar-refractivity contribution < 1.29 is 23.9 Å². The van der Waals surface area contributed by atoms with Gasteiger partial charge in [0.2, 0.25) is 11.1 Å². The summed E-state index contributed by atoms with van der Waals surface area (Å²) in [5.74, 6) is 3.01. The molecule has 0 aromatic carbocycles. The zero-order valence-corrected chi connectivity index (χ0v) is 32.4. The van der Waals surface area contributed by atoms with E-state index >= 15 is 0 Å². The molecule has 14 heteroatoms. The van der Waals surface area contributed by atoms with Crippen molar-refractivity contribution in [3.63, 3.8) is 0 Å². The van der Waals surface area contributed by atoms with Crippen LogP contribution in [0.2, 0.25) is 0 Å². The van der Waals surface area contributed by atoms with Crippen LogP contribution in [0.3, 0.4) is 0 Å². The molecule has 2 fully saturated rings. The van der Waals surface area contributed by atoms with E-state index in [1.807, 2.05) is 47.6 Å². The molecule has 276 valence electrons. The fourth-order valence-corrected chi connectivity index (χ4v) is 6.66. The van der Waals surface area contributed by atoms with E-state index in [1.54, 1.807) is 53.0 Å². The number of halogens is 1. The van der Waals surface area contributed by atoms with E-state index in [9.17, 15) is 24.0 Å². The first-order valence-corrected chi connectivity index (χ1v) is 18.9. The molecule has 0 bridgehead atoms. The summed E-state index contributed by atoms with van der Waals surface area (Å²) in [6.07, 6.45) is 6.83. The molecule has 0 atom stereocenters. The molecule has 0 spiro atoms. The number of carbonyl (C=O) groups is 3. The molecule has 2 aliphatic rings. The Morgan fingerprint density at radius 2 is 1.18 bits per heavy atom. The Kier molecular flexibility index (Phi) is 19.4. The van der Waals surface area contributed by atoms with Gasteiger partial charge in [0.25, 0.3) is 0 Å². The summed E-state index contributed by atoms with van der Waals surface area (Å²) in [6.45, 7) is 15.9. The summed E-state index contributed by atoms with van der Waals surface area (Å²) < 4.78 is 11.6. The van der Waals surface area contributed by atoms with Crippen LogP contribution in [0, 0.1) is 11.8 Å². The zero-order chi connectivity index (χ0) is 35.9. The fourth-order valence-electron chi connectivity index (χ4n) is 4.54. The van der Waals surface area contributed by atoms with Crippen molar-refractivity contribution in [1.82, 2.24) is 19.8 Å². The van der Waals surface area contributed by atoms with Crippen LogP contribution >= 0.6 is 39.5 Å². The second kappa shape index (κ2) is 21.5. The topological polar surface area (TPSA) is 142 Å². The van der Waals surface area contributed by atoms with Gasteiger partial charge in [-0.05, 0) is 107 Å². The number of pyridine rings is 2. The number of aromatic nitrogens is 2. The minimum atomic E-state index is -0.436. The summed E-state index contributed by atoms with van der Waals surface area (Å²) in [6, 6.07) is 6.55. The van der Waals surface area contributed by atoms with E-state index in [0.717, 1.165) is 72.7 Å². The maximum absolute atomic E-state index is 12.0. The van der Waals surface area contributed by atoms with Gasteiger partial charge in [-0.25, -0.2) is 9.59 Å². The standard InChI is InChI=1S/C16H24N2O3S.C13H23NO3S.C5H4BrNO.CH4/c1-16(2,3)21-15(20)18-8-6-12(7-9-18)11-22-13-4-5-14(19)17-10-13;1-10(15)18-9-11-5-7-14(8-6-11)12(16)17-13(2,3)4;6-4-1-2-5(8)7-3-4;/h4-5,10,12H,6-9,11H2,1-3H3,(H,17,19);11H,5-9H2,1-4H3;1-3H,(H,7,8);1H4. The van der Waals surface area contributed by atoms with E-state index in [0.29, 0.717) is 11.8 Å². The molecule has 49 heavy (non-hydrogen) atoms. The number of hydrogen-bond acceptors (Lipinski definition) is 9. The molecule has 2 amide bonds. The van der Waals surface area contributed by atoms with Crippen LogP contribution in [0.4, 0.5) is 9.59 Å². The molecule has 2 aliphatic heterocycles. The van der Waals surface area contributed by atoms with Crippen molar-refractivity contribution in [2.24, 2.45) is 11.8 Å². The van der Waals surface area contributed by atoms with Gasteiger partial charge in [0.15, 0.2) is 5.12 Å². The van der Waals surface area contributed by atoms with Gasteiger partial charge in [-0.3, -0.25) is 14.4 Å². The SMILES string of the molecule is C.CC(=O)SCC1CCN(C(=O)OC(C)(C)C)CC1.CC(C)(C)OC(=O)N1CCC(CSc2ccc(=O)[nH]c2)CC1.O=c1ccc(Br)c[nH]1. The summed E-state index contributed by atoms with van der Waals surface area (Å²) in [7, 11) is 0. The molecule has 0 saturated carbocycles. The van der Waals surface area contributed by atoms with Gasteiger partial charge in [-0.2, -0.15) is 0 Å². The van der Waals surface area contributed by atoms with Crippen molar-refractivity contribution in [2.75, 3.05) is 37.7 Å². The third-order valence-electron chi connectivity index (χ3n) is 7.04. The van der Waals surface area contributed by atoms with Crippen LogP contribution in [0.1, 0.15) is 81.6 Å². The maximum Gasteiger partial charge on any atom is 0.410 e. The van der Waals surface area contributed by atoms with Gasteiger partial charge >= 0.3 is 12.2 Å². The molecule has 2 aromatic heterocycles. The quantitative estimate of drug-likeness (QED) is 0.291. The molecule has 0 radical (unpaired) electrons.